The Hall–Kier alpha value is -4.69. The summed E-state index contributed by atoms with van der Waals surface area (Å²) in [6.45, 7) is 2.80. The van der Waals surface area contributed by atoms with Gasteiger partial charge in [-0.1, -0.05) is 66.7 Å². The number of rotatable bonds is 8. The molecule has 2 amide bonds. The third-order valence-electron chi connectivity index (χ3n) is 6.34. The van der Waals surface area contributed by atoms with E-state index >= 15 is 0 Å². The molecule has 3 aromatic carbocycles. The van der Waals surface area contributed by atoms with Crippen molar-refractivity contribution in [3.8, 4) is 28.1 Å². The van der Waals surface area contributed by atoms with Crippen LogP contribution in [0.3, 0.4) is 0 Å². The van der Waals surface area contributed by atoms with Crippen LogP contribution in [0.1, 0.15) is 16.7 Å². The lowest BCUT2D eigenvalue weighted by Gasteiger charge is -2.15. The number of urea groups is 1. The average molecular weight is 507 g/mol. The molecule has 0 aliphatic rings. The highest BCUT2D eigenvalue weighted by Crippen LogP contribution is 2.30. The fourth-order valence-corrected chi connectivity index (χ4v) is 4.49. The number of hydrogen-bond donors (Lipinski definition) is 2. The van der Waals surface area contributed by atoms with Gasteiger partial charge in [-0.25, -0.2) is 9.48 Å². The molecule has 0 bridgehead atoms. The molecule has 2 aromatic heterocycles. The second-order valence-corrected chi connectivity index (χ2v) is 9.07. The van der Waals surface area contributed by atoms with Crippen molar-refractivity contribution >= 4 is 11.8 Å². The van der Waals surface area contributed by atoms with E-state index in [1.165, 1.54) is 0 Å². The first-order valence-electron chi connectivity index (χ1n) is 12.4. The highest BCUT2D eigenvalue weighted by Gasteiger charge is 2.20. The molecule has 0 aliphatic heterocycles. The number of nitrogens with zero attached hydrogens (tertiary/aromatic N) is 4. The van der Waals surface area contributed by atoms with Crippen molar-refractivity contribution in [1.82, 2.24) is 24.9 Å². The molecular weight excluding hydrogens is 476 g/mol. The van der Waals surface area contributed by atoms with Gasteiger partial charge in [-0.2, -0.15) is 10.2 Å². The molecule has 5 aromatic rings. The van der Waals surface area contributed by atoms with Gasteiger partial charge < -0.3 is 10.1 Å². The van der Waals surface area contributed by atoms with Crippen LogP contribution in [-0.4, -0.2) is 32.7 Å². The van der Waals surface area contributed by atoms with Crippen molar-refractivity contribution in [2.75, 3.05) is 12.4 Å². The molecule has 0 fully saturated rings. The van der Waals surface area contributed by atoms with Crippen molar-refractivity contribution < 1.29 is 9.53 Å². The largest absolute Gasteiger partial charge is 0.380 e. The minimum atomic E-state index is -0.320. The molecule has 0 spiro atoms. The quantitative estimate of drug-likeness (QED) is 0.282. The zero-order chi connectivity index (χ0) is 26.5. The monoisotopic (exact) mass is 506 g/mol. The van der Waals surface area contributed by atoms with Gasteiger partial charge in [0, 0.05) is 38.0 Å². The molecule has 2 N–H and O–H groups in total. The summed E-state index contributed by atoms with van der Waals surface area (Å²) in [6, 6.07) is 25.8. The third-order valence-corrected chi connectivity index (χ3v) is 6.34. The van der Waals surface area contributed by atoms with Crippen molar-refractivity contribution in [2.24, 2.45) is 7.05 Å². The number of aryl methyl sites for hydroxylation is 1. The smallest absolute Gasteiger partial charge is 0.320 e. The first-order chi connectivity index (χ1) is 18.5. The number of benzene rings is 3. The van der Waals surface area contributed by atoms with Gasteiger partial charge in [0.25, 0.3) is 0 Å². The van der Waals surface area contributed by atoms with Crippen molar-refractivity contribution in [3.63, 3.8) is 0 Å². The SMILES string of the molecule is COCc1ccc(-c2ccccc2)c(CNC(=O)Nc2c(C)c(-c3cnn(C)c3)nn2-c2ccccc2)c1. The average Bonchev–Trinajstić information content (AvgIpc) is 3.51. The summed E-state index contributed by atoms with van der Waals surface area (Å²) in [7, 11) is 3.54. The van der Waals surface area contributed by atoms with Gasteiger partial charge in [-0.3, -0.25) is 10.00 Å². The summed E-state index contributed by atoms with van der Waals surface area (Å²) in [5.74, 6) is 0.601. The summed E-state index contributed by atoms with van der Waals surface area (Å²) in [5.41, 5.74) is 7.54. The van der Waals surface area contributed by atoms with Crippen LogP contribution in [0.25, 0.3) is 28.1 Å². The van der Waals surface area contributed by atoms with E-state index in [0.29, 0.717) is 19.0 Å². The maximum absolute atomic E-state index is 13.2. The molecular formula is C30H30N6O2. The van der Waals surface area contributed by atoms with E-state index in [0.717, 1.165) is 44.8 Å². The minimum absolute atomic E-state index is 0.320. The van der Waals surface area contributed by atoms with Crippen LogP contribution in [-0.2, 0) is 24.9 Å². The van der Waals surface area contributed by atoms with Crippen LogP contribution in [0.5, 0.6) is 0 Å². The van der Waals surface area contributed by atoms with E-state index in [4.69, 9.17) is 9.84 Å². The topological polar surface area (TPSA) is 86.0 Å². The molecule has 0 saturated carbocycles. The standard InChI is InChI=1S/C30H30N6O2/c1-21-28(25-18-32-35(2)19-25)34-36(26-12-8-5-9-13-26)29(21)33-30(37)31-17-24-16-22(20-38-3)14-15-27(24)23-10-6-4-7-11-23/h4-16,18-19H,17,20H2,1-3H3,(H2,31,33,37). The molecule has 8 nitrogen and oxygen atoms in total. The first-order valence-corrected chi connectivity index (χ1v) is 12.4. The molecule has 5 rings (SSSR count). The fraction of sp³-hybridized carbons (Fsp3) is 0.167. The second kappa shape index (κ2) is 11.1. The normalized spacial score (nSPS) is 10.9. The Bertz CT molecular complexity index is 1540. The van der Waals surface area contributed by atoms with E-state index in [1.54, 1.807) is 22.7 Å². The number of ether oxygens (including phenoxy) is 1. The van der Waals surface area contributed by atoms with Crippen LogP contribution in [0.2, 0.25) is 0 Å². The highest BCUT2D eigenvalue weighted by atomic mass is 16.5. The van der Waals surface area contributed by atoms with Crippen LogP contribution in [0.15, 0.2) is 91.3 Å². The third kappa shape index (κ3) is 5.35. The van der Waals surface area contributed by atoms with Gasteiger partial charge in [0.15, 0.2) is 0 Å². The van der Waals surface area contributed by atoms with E-state index in [-0.39, 0.29) is 6.03 Å². The van der Waals surface area contributed by atoms with Crippen LogP contribution >= 0.6 is 0 Å². The van der Waals surface area contributed by atoms with E-state index in [2.05, 4.69) is 46.1 Å². The van der Waals surface area contributed by atoms with Crippen LogP contribution in [0.4, 0.5) is 10.6 Å². The molecule has 0 saturated heterocycles. The number of amides is 2. The molecule has 38 heavy (non-hydrogen) atoms. The summed E-state index contributed by atoms with van der Waals surface area (Å²) in [4.78, 5) is 13.2. The maximum Gasteiger partial charge on any atom is 0.320 e. The number of carbonyl (C=O) groups excluding carboxylic acids is 1. The summed E-state index contributed by atoms with van der Waals surface area (Å²) in [5, 5.41) is 15.2. The summed E-state index contributed by atoms with van der Waals surface area (Å²) < 4.78 is 8.82. The van der Waals surface area contributed by atoms with E-state index < -0.39 is 0 Å². The van der Waals surface area contributed by atoms with Gasteiger partial charge in [0.05, 0.1) is 18.5 Å². The molecule has 0 atom stereocenters. The summed E-state index contributed by atoms with van der Waals surface area (Å²) in [6.07, 6.45) is 3.68. The van der Waals surface area contributed by atoms with E-state index in [9.17, 15) is 4.79 Å². The molecule has 0 unspecified atom stereocenters. The number of para-hydroxylation sites is 1. The number of aromatic nitrogens is 4. The van der Waals surface area contributed by atoms with Gasteiger partial charge in [-0.15, -0.1) is 0 Å². The first kappa shape index (κ1) is 25.0. The lowest BCUT2D eigenvalue weighted by atomic mass is 9.97. The van der Waals surface area contributed by atoms with E-state index in [1.807, 2.05) is 68.7 Å². The number of methoxy groups -OCH3 is 1. The lowest BCUT2D eigenvalue weighted by Crippen LogP contribution is -2.29. The molecule has 0 aliphatic carbocycles. The summed E-state index contributed by atoms with van der Waals surface area (Å²) >= 11 is 0. The minimum Gasteiger partial charge on any atom is -0.380 e. The molecule has 192 valence electrons. The van der Waals surface area contributed by atoms with Crippen molar-refractivity contribution in [1.29, 1.82) is 0 Å². The number of nitrogens with one attached hydrogen (secondary N) is 2. The zero-order valence-corrected chi connectivity index (χ0v) is 21.7. The van der Waals surface area contributed by atoms with Gasteiger partial charge in [0.2, 0.25) is 0 Å². The zero-order valence-electron chi connectivity index (χ0n) is 21.7. The fourth-order valence-electron chi connectivity index (χ4n) is 4.49. The predicted molar refractivity (Wildman–Crippen MR) is 149 cm³/mol. The van der Waals surface area contributed by atoms with Crippen LogP contribution < -0.4 is 10.6 Å². The Balaban J connectivity index is 1.42. The molecule has 2 heterocycles. The van der Waals surface area contributed by atoms with Gasteiger partial charge >= 0.3 is 6.03 Å². The van der Waals surface area contributed by atoms with Crippen molar-refractivity contribution in [2.45, 2.75) is 20.1 Å². The van der Waals surface area contributed by atoms with Crippen LogP contribution in [0, 0.1) is 6.92 Å². The Labute approximate surface area is 221 Å². The van der Waals surface area contributed by atoms with Gasteiger partial charge in [0.1, 0.15) is 11.5 Å². The Kier molecular flexibility index (Phi) is 7.33. The number of anilines is 1. The second-order valence-electron chi connectivity index (χ2n) is 9.07. The Morgan fingerprint density at radius 1 is 0.974 bits per heavy atom. The maximum atomic E-state index is 13.2. The number of carbonyl (C=O) groups is 1. The highest BCUT2D eigenvalue weighted by molar-refractivity contribution is 5.91. The predicted octanol–water partition coefficient (Wildman–Crippen LogP) is 5.72. The molecule has 8 heteroatoms. The molecule has 0 radical (unpaired) electrons. The Morgan fingerprint density at radius 2 is 1.71 bits per heavy atom. The lowest BCUT2D eigenvalue weighted by molar-refractivity contribution is 0.185. The Morgan fingerprint density at radius 3 is 2.39 bits per heavy atom. The number of hydrogen-bond acceptors (Lipinski definition) is 4. The van der Waals surface area contributed by atoms with Gasteiger partial charge in [-0.05, 0) is 41.3 Å². The van der Waals surface area contributed by atoms with Crippen molar-refractivity contribution in [3.05, 3.63) is 108 Å².